The molecular weight excluding hydrogens is 364 g/mol. The first-order valence-electron chi connectivity index (χ1n) is 9.81. The van der Waals surface area contributed by atoms with Crippen LogP contribution in [0.2, 0.25) is 0 Å². The van der Waals surface area contributed by atoms with E-state index in [0.717, 1.165) is 34.6 Å². The molecule has 1 aliphatic heterocycles. The lowest BCUT2D eigenvalue weighted by Crippen LogP contribution is -2.34. The molecule has 1 N–H and O–H groups in total. The highest BCUT2D eigenvalue weighted by atomic mass is 16.5. The quantitative estimate of drug-likeness (QED) is 0.669. The van der Waals surface area contributed by atoms with Crippen molar-refractivity contribution in [2.75, 3.05) is 13.7 Å². The molecule has 2 aromatic carbocycles. The maximum Gasteiger partial charge on any atom is 0.220 e. The first kappa shape index (κ1) is 19.0. The van der Waals surface area contributed by atoms with Gasteiger partial charge in [-0.15, -0.1) is 0 Å². The molecule has 0 saturated heterocycles. The number of nitrogens with zero attached hydrogens (tertiary/aromatic N) is 1. The van der Waals surface area contributed by atoms with E-state index in [1.165, 1.54) is 5.56 Å². The van der Waals surface area contributed by atoms with Crippen LogP contribution >= 0.6 is 0 Å². The van der Waals surface area contributed by atoms with Crippen LogP contribution in [0.3, 0.4) is 0 Å². The molecule has 0 radical (unpaired) electrons. The van der Waals surface area contributed by atoms with E-state index >= 15 is 0 Å². The van der Waals surface area contributed by atoms with Gasteiger partial charge in [0.25, 0.3) is 0 Å². The van der Waals surface area contributed by atoms with Crippen molar-refractivity contribution in [1.82, 2.24) is 10.3 Å². The van der Waals surface area contributed by atoms with Gasteiger partial charge in [0.2, 0.25) is 5.91 Å². The number of ether oxygens (including phenoxy) is 2. The van der Waals surface area contributed by atoms with E-state index in [0.29, 0.717) is 19.4 Å². The summed E-state index contributed by atoms with van der Waals surface area (Å²) >= 11 is 0. The Balaban J connectivity index is 1.27. The van der Waals surface area contributed by atoms with Crippen LogP contribution in [0.1, 0.15) is 17.5 Å². The lowest BCUT2D eigenvalue weighted by Gasteiger charge is -2.12. The molecule has 5 nitrogen and oxygen atoms in total. The summed E-state index contributed by atoms with van der Waals surface area (Å²) in [4.78, 5) is 16.4. The van der Waals surface area contributed by atoms with Crippen LogP contribution in [0.15, 0.2) is 67.0 Å². The van der Waals surface area contributed by atoms with Crippen LogP contribution in [0.4, 0.5) is 0 Å². The highest BCUT2D eigenvalue weighted by Gasteiger charge is 2.23. The largest absolute Gasteiger partial charge is 0.497 e. The molecule has 3 aromatic rings. The smallest absolute Gasteiger partial charge is 0.220 e. The van der Waals surface area contributed by atoms with Crippen molar-refractivity contribution in [2.24, 2.45) is 0 Å². The molecule has 1 amide bonds. The predicted octanol–water partition coefficient (Wildman–Crippen LogP) is 3.81. The van der Waals surface area contributed by atoms with Crippen molar-refractivity contribution in [3.8, 4) is 22.6 Å². The molecule has 2 heterocycles. The summed E-state index contributed by atoms with van der Waals surface area (Å²) in [6.07, 6.45) is 5.51. The van der Waals surface area contributed by atoms with Gasteiger partial charge in [-0.1, -0.05) is 24.3 Å². The van der Waals surface area contributed by atoms with Gasteiger partial charge in [0.05, 0.1) is 13.7 Å². The first-order valence-corrected chi connectivity index (χ1v) is 9.81. The molecule has 0 unspecified atom stereocenters. The topological polar surface area (TPSA) is 60.5 Å². The molecule has 5 heteroatoms. The van der Waals surface area contributed by atoms with Gasteiger partial charge >= 0.3 is 0 Å². The Bertz CT molecular complexity index is 988. The zero-order valence-electron chi connectivity index (χ0n) is 16.4. The third kappa shape index (κ3) is 4.74. The van der Waals surface area contributed by atoms with Gasteiger partial charge in [-0.3, -0.25) is 9.78 Å². The number of hydrogen-bond acceptors (Lipinski definition) is 4. The molecule has 0 saturated carbocycles. The SMILES string of the molecule is COc1cccc(CCC(=O)NC[C@@H]2Cc3cc(-c4cccnc4)ccc3O2)c1. The molecule has 4 rings (SSSR count). The van der Waals surface area contributed by atoms with Crippen LogP contribution in [0.25, 0.3) is 11.1 Å². The fourth-order valence-corrected chi connectivity index (χ4v) is 3.55. The first-order chi connectivity index (χ1) is 14.2. The lowest BCUT2D eigenvalue weighted by molar-refractivity contribution is -0.121. The van der Waals surface area contributed by atoms with Gasteiger partial charge in [-0.2, -0.15) is 0 Å². The van der Waals surface area contributed by atoms with Gasteiger partial charge in [0.15, 0.2) is 0 Å². The number of hydrogen-bond donors (Lipinski definition) is 1. The van der Waals surface area contributed by atoms with Crippen molar-refractivity contribution in [1.29, 1.82) is 0 Å². The van der Waals surface area contributed by atoms with Gasteiger partial charge < -0.3 is 14.8 Å². The van der Waals surface area contributed by atoms with Crippen LogP contribution in [0.5, 0.6) is 11.5 Å². The van der Waals surface area contributed by atoms with Crippen molar-refractivity contribution in [3.63, 3.8) is 0 Å². The average molecular weight is 388 g/mol. The zero-order valence-corrected chi connectivity index (χ0v) is 16.4. The maximum atomic E-state index is 12.2. The Morgan fingerprint density at radius 2 is 2.10 bits per heavy atom. The normalized spacial score (nSPS) is 14.7. The Hall–Kier alpha value is -3.34. The van der Waals surface area contributed by atoms with Crippen LogP contribution in [-0.4, -0.2) is 30.6 Å². The Morgan fingerprint density at radius 1 is 1.17 bits per heavy atom. The van der Waals surface area contributed by atoms with E-state index in [2.05, 4.69) is 16.4 Å². The van der Waals surface area contributed by atoms with Gasteiger partial charge in [0.1, 0.15) is 17.6 Å². The van der Waals surface area contributed by atoms with E-state index in [-0.39, 0.29) is 12.0 Å². The fourth-order valence-electron chi connectivity index (χ4n) is 3.55. The van der Waals surface area contributed by atoms with E-state index in [1.807, 2.05) is 54.7 Å². The Kier molecular flexibility index (Phi) is 5.75. The molecule has 1 aliphatic rings. The Morgan fingerprint density at radius 3 is 2.93 bits per heavy atom. The van der Waals surface area contributed by atoms with Crippen LogP contribution in [0, 0.1) is 0 Å². The molecule has 0 bridgehead atoms. The number of fused-ring (bicyclic) bond motifs is 1. The Labute approximate surface area is 170 Å². The number of benzene rings is 2. The van der Waals surface area contributed by atoms with E-state index in [1.54, 1.807) is 13.3 Å². The van der Waals surface area contributed by atoms with Crippen LogP contribution < -0.4 is 14.8 Å². The van der Waals surface area contributed by atoms with Crippen molar-refractivity contribution in [2.45, 2.75) is 25.4 Å². The van der Waals surface area contributed by atoms with Crippen LogP contribution in [-0.2, 0) is 17.6 Å². The summed E-state index contributed by atoms with van der Waals surface area (Å²) in [6.45, 7) is 0.508. The summed E-state index contributed by atoms with van der Waals surface area (Å²) in [5, 5.41) is 3.00. The number of aromatic nitrogens is 1. The number of aryl methyl sites for hydroxylation is 1. The fraction of sp³-hybridized carbons (Fsp3) is 0.250. The second-order valence-electron chi connectivity index (χ2n) is 7.16. The summed E-state index contributed by atoms with van der Waals surface area (Å²) in [5.74, 6) is 1.74. The maximum absolute atomic E-state index is 12.2. The van der Waals surface area contributed by atoms with Gasteiger partial charge in [0, 0.05) is 30.8 Å². The lowest BCUT2D eigenvalue weighted by atomic mass is 10.0. The van der Waals surface area contributed by atoms with Gasteiger partial charge in [-0.25, -0.2) is 0 Å². The summed E-state index contributed by atoms with van der Waals surface area (Å²) in [7, 11) is 1.64. The van der Waals surface area contributed by atoms with E-state index in [9.17, 15) is 4.79 Å². The second kappa shape index (κ2) is 8.78. The number of pyridine rings is 1. The molecule has 0 spiro atoms. The molecular formula is C24H24N2O3. The molecule has 0 aliphatic carbocycles. The molecule has 1 atom stereocenters. The van der Waals surface area contributed by atoms with Crippen molar-refractivity contribution < 1.29 is 14.3 Å². The molecule has 29 heavy (non-hydrogen) atoms. The number of amides is 1. The summed E-state index contributed by atoms with van der Waals surface area (Å²) in [5.41, 5.74) is 4.47. The van der Waals surface area contributed by atoms with Gasteiger partial charge in [-0.05, 0) is 53.4 Å². The second-order valence-corrected chi connectivity index (χ2v) is 7.16. The number of nitrogens with one attached hydrogen (secondary N) is 1. The molecule has 148 valence electrons. The van der Waals surface area contributed by atoms with E-state index < -0.39 is 0 Å². The third-order valence-corrected chi connectivity index (χ3v) is 5.10. The van der Waals surface area contributed by atoms with Crippen molar-refractivity contribution >= 4 is 5.91 Å². The summed E-state index contributed by atoms with van der Waals surface area (Å²) in [6, 6.07) is 18.0. The highest BCUT2D eigenvalue weighted by Crippen LogP contribution is 2.32. The monoisotopic (exact) mass is 388 g/mol. The third-order valence-electron chi connectivity index (χ3n) is 5.10. The number of rotatable bonds is 7. The van der Waals surface area contributed by atoms with E-state index in [4.69, 9.17) is 9.47 Å². The number of carbonyl (C=O) groups is 1. The average Bonchev–Trinajstić information content (AvgIpc) is 3.19. The van der Waals surface area contributed by atoms with Crippen molar-refractivity contribution in [3.05, 3.63) is 78.1 Å². The summed E-state index contributed by atoms with van der Waals surface area (Å²) < 4.78 is 11.2. The minimum absolute atomic E-state index is 0.0309. The molecule has 0 fully saturated rings. The standard InChI is InChI=1S/C24H24N2O3/c1-28-21-6-2-4-17(12-21)7-10-24(27)26-16-22-14-20-13-18(8-9-23(20)29-22)19-5-3-11-25-15-19/h2-6,8-9,11-13,15,22H,7,10,14,16H2,1H3,(H,26,27)/t22-/m0/s1. The zero-order chi connectivity index (χ0) is 20.1. The number of methoxy groups -OCH3 is 1. The predicted molar refractivity (Wildman–Crippen MR) is 112 cm³/mol. The minimum atomic E-state index is -0.0325. The highest BCUT2D eigenvalue weighted by molar-refractivity contribution is 5.76. The molecule has 1 aromatic heterocycles. The number of carbonyl (C=O) groups excluding carboxylic acids is 1. The minimum Gasteiger partial charge on any atom is -0.497 e.